The highest BCUT2D eigenvalue weighted by atomic mass is 35.5. The Morgan fingerprint density at radius 1 is 1.38 bits per heavy atom. The van der Waals surface area contributed by atoms with Gasteiger partial charge < -0.3 is 14.6 Å². The summed E-state index contributed by atoms with van der Waals surface area (Å²) in [4.78, 5) is 13.5. The van der Waals surface area contributed by atoms with Crippen molar-refractivity contribution in [2.45, 2.75) is 25.5 Å². The Morgan fingerprint density at radius 3 is 2.75 bits per heavy atom. The molecule has 1 aliphatic rings. The van der Waals surface area contributed by atoms with Gasteiger partial charge >= 0.3 is 6.09 Å². The highest BCUT2D eigenvalue weighted by molar-refractivity contribution is 6.30. The molecule has 128 valence electrons. The van der Waals surface area contributed by atoms with Gasteiger partial charge in [0.1, 0.15) is 11.8 Å². The number of benzene rings is 1. The number of likely N-dealkylation sites (tertiary alicyclic amines) is 1. The largest absolute Gasteiger partial charge is 0.446 e. The highest BCUT2D eigenvalue weighted by Gasteiger charge is 2.23. The van der Waals surface area contributed by atoms with Gasteiger partial charge in [-0.25, -0.2) is 4.79 Å². The van der Waals surface area contributed by atoms with Crippen LogP contribution in [-0.2, 0) is 11.3 Å². The molecular weight excluding hydrogens is 330 g/mol. The first-order valence-electron chi connectivity index (χ1n) is 7.96. The van der Waals surface area contributed by atoms with Crippen LogP contribution < -0.4 is 5.32 Å². The number of nitrogens with zero attached hydrogens (tertiary/aromatic N) is 2. The molecule has 1 aromatic carbocycles. The molecule has 1 aliphatic heterocycles. The monoisotopic (exact) mass is 349 g/mol. The summed E-state index contributed by atoms with van der Waals surface area (Å²) in [6.07, 6.45) is 1.27. The molecule has 0 radical (unpaired) electrons. The Kier molecular flexibility index (Phi) is 5.37. The second kappa shape index (κ2) is 7.68. The fraction of sp³-hybridized carbons (Fsp3) is 0.412. The van der Waals surface area contributed by atoms with Crippen molar-refractivity contribution in [1.82, 2.24) is 15.4 Å². The molecule has 0 bridgehead atoms. The van der Waals surface area contributed by atoms with Crippen LogP contribution in [0.3, 0.4) is 0 Å². The van der Waals surface area contributed by atoms with Crippen LogP contribution in [0.5, 0.6) is 0 Å². The average molecular weight is 350 g/mol. The zero-order valence-electron chi connectivity index (χ0n) is 13.5. The predicted octanol–water partition coefficient (Wildman–Crippen LogP) is 3.32. The van der Waals surface area contributed by atoms with Gasteiger partial charge in [0.2, 0.25) is 0 Å². The van der Waals surface area contributed by atoms with Gasteiger partial charge in [-0.05, 0) is 25.0 Å². The number of piperidine rings is 1. The number of alkyl carbamates (subject to hydrolysis) is 1. The van der Waals surface area contributed by atoms with E-state index in [0.717, 1.165) is 42.9 Å². The Labute approximate surface area is 145 Å². The minimum absolute atomic E-state index is 0.0134. The maximum atomic E-state index is 11.2. The molecule has 3 rings (SSSR count). The van der Waals surface area contributed by atoms with Crippen LogP contribution in [0.25, 0.3) is 11.3 Å². The SMILES string of the molecule is CNC(=O)OC1CCN(Cc2cc(-c3ccc(Cl)cc3)no2)CC1. The molecule has 0 saturated carbocycles. The first-order valence-corrected chi connectivity index (χ1v) is 8.34. The number of hydrogen-bond acceptors (Lipinski definition) is 5. The number of ether oxygens (including phenoxy) is 1. The highest BCUT2D eigenvalue weighted by Crippen LogP contribution is 2.23. The minimum atomic E-state index is -0.365. The summed E-state index contributed by atoms with van der Waals surface area (Å²) in [5.41, 5.74) is 1.78. The summed E-state index contributed by atoms with van der Waals surface area (Å²) in [5, 5.41) is 7.30. The summed E-state index contributed by atoms with van der Waals surface area (Å²) in [6, 6.07) is 9.47. The van der Waals surface area contributed by atoms with E-state index >= 15 is 0 Å². The van der Waals surface area contributed by atoms with Crippen molar-refractivity contribution in [2.24, 2.45) is 0 Å². The minimum Gasteiger partial charge on any atom is -0.446 e. The first kappa shape index (κ1) is 16.8. The van der Waals surface area contributed by atoms with E-state index in [4.69, 9.17) is 20.9 Å². The summed E-state index contributed by atoms with van der Waals surface area (Å²) in [5.74, 6) is 0.825. The topological polar surface area (TPSA) is 67.6 Å². The quantitative estimate of drug-likeness (QED) is 0.917. The number of carbonyl (C=O) groups is 1. The van der Waals surface area contributed by atoms with Gasteiger partial charge in [-0.3, -0.25) is 4.90 Å². The van der Waals surface area contributed by atoms with Crippen molar-refractivity contribution >= 4 is 17.7 Å². The van der Waals surface area contributed by atoms with E-state index in [0.29, 0.717) is 11.6 Å². The summed E-state index contributed by atoms with van der Waals surface area (Å²) >= 11 is 5.90. The molecule has 1 aromatic heterocycles. The van der Waals surface area contributed by atoms with Gasteiger partial charge in [-0.15, -0.1) is 0 Å². The zero-order chi connectivity index (χ0) is 16.9. The van der Waals surface area contributed by atoms with Crippen LogP contribution in [-0.4, -0.2) is 42.4 Å². The van der Waals surface area contributed by atoms with Crippen molar-refractivity contribution in [1.29, 1.82) is 0 Å². The second-order valence-electron chi connectivity index (χ2n) is 5.82. The molecule has 1 N–H and O–H groups in total. The van der Waals surface area contributed by atoms with E-state index in [-0.39, 0.29) is 12.2 Å². The molecular formula is C17H20ClN3O3. The molecule has 0 spiro atoms. The van der Waals surface area contributed by atoms with Crippen LogP contribution in [0.1, 0.15) is 18.6 Å². The van der Waals surface area contributed by atoms with Crippen molar-refractivity contribution in [3.63, 3.8) is 0 Å². The van der Waals surface area contributed by atoms with Gasteiger partial charge in [0.25, 0.3) is 0 Å². The zero-order valence-corrected chi connectivity index (χ0v) is 14.3. The number of hydrogen-bond donors (Lipinski definition) is 1. The van der Waals surface area contributed by atoms with E-state index in [1.807, 2.05) is 30.3 Å². The van der Waals surface area contributed by atoms with Crippen LogP contribution in [0, 0.1) is 0 Å². The summed E-state index contributed by atoms with van der Waals surface area (Å²) in [7, 11) is 1.57. The Bertz CT molecular complexity index is 679. The Morgan fingerprint density at radius 2 is 2.08 bits per heavy atom. The first-order chi connectivity index (χ1) is 11.6. The molecule has 2 heterocycles. The van der Waals surface area contributed by atoms with E-state index in [1.54, 1.807) is 7.05 Å². The lowest BCUT2D eigenvalue weighted by Crippen LogP contribution is -2.38. The van der Waals surface area contributed by atoms with E-state index in [1.165, 1.54) is 0 Å². The van der Waals surface area contributed by atoms with E-state index in [2.05, 4.69) is 15.4 Å². The smallest absolute Gasteiger partial charge is 0.407 e. The van der Waals surface area contributed by atoms with E-state index in [9.17, 15) is 4.79 Å². The summed E-state index contributed by atoms with van der Waals surface area (Å²) < 4.78 is 10.7. The van der Waals surface area contributed by atoms with Gasteiger partial charge in [0, 0.05) is 36.8 Å². The van der Waals surface area contributed by atoms with Crippen molar-refractivity contribution in [3.8, 4) is 11.3 Å². The molecule has 1 saturated heterocycles. The Balaban J connectivity index is 1.53. The van der Waals surface area contributed by atoms with Crippen LogP contribution in [0.2, 0.25) is 5.02 Å². The second-order valence-corrected chi connectivity index (χ2v) is 6.25. The third-order valence-corrected chi connectivity index (χ3v) is 4.34. The lowest BCUT2D eigenvalue weighted by molar-refractivity contribution is 0.0474. The Hall–Kier alpha value is -2.05. The third-order valence-electron chi connectivity index (χ3n) is 4.09. The number of carbonyl (C=O) groups excluding carboxylic acids is 1. The van der Waals surface area contributed by atoms with Crippen LogP contribution in [0.4, 0.5) is 4.79 Å². The van der Waals surface area contributed by atoms with Gasteiger partial charge in [-0.2, -0.15) is 0 Å². The normalized spacial score (nSPS) is 16.1. The number of rotatable bonds is 4. The standard InChI is InChI=1S/C17H20ClN3O3/c1-19-17(22)23-14-6-8-21(9-7-14)11-15-10-16(20-24-15)12-2-4-13(18)5-3-12/h2-5,10,14H,6-9,11H2,1H3,(H,19,22). The molecule has 1 fully saturated rings. The fourth-order valence-corrected chi connectivity index (χ4v) is 2.89. The van der Waals surface area contributed by atoms with Gasteiger partial charge in [0.15, 0.2) is 5.76 Å². The molecule has 2 aromatic rings. The molecule has 6 nitrogen and oxygen atoms in total. The summed E-state index contributed by atoms with van der Waals surface area (Å²) in [6.45, 7) is 2.42. The predicted molar refractivity (Wildman–Crippen MR) is 90.8 cm³/mol. The van der Waals surface area contributed by atoms with Crippen molar-refractivity contribution in [3.05, 3.63) is 41.1 Å². The molecule has 0 unspecified atom stereocenters. The van der Waals surface area contributed by atoms with Crippen molar-refractivity contribution < 1.29 is 14.1 Å². The molecule has 1 amide bonds. The van der Waals surface area contributed by atoms with Crippen LogP contribution in [0.15, 0.2) is 34.9 Å². The van der Waals surface area contributed by atoms with Gasteiger partial charge in [-0.1, -0.05) is 28.9 Å². The fourth-order valence-electron chi connectivity index (χ4n) is 2.76. The third kappa shape index (κ3) is 4.27. The molecule has 24 heavy (non-hydrogen) atoms. The molecule has 0 aliphatic carbocycles. The van der Waals surface area contributed by atoms with Crippen LogP contribution >= 0.6 is 11.6 Å². The number of nitrogens with one attached hydrogen (secondary N) is 1. The molecule has 0 atom stereocenters. The number of halogens is 1. The number of aromatic nitrogens is 1. The molecule has 7 heteroatoms. The number of amides is 1. The maximum absolute atomic E-state index is 11.2. The lowest BCUT2D eigenvalue weighted by Gasteiger charge is -2.30. The average Bonchev–Trinajstić information content (AvgIpc) is 3.05. The lowest BCUT2D eigenvalue weighted by atomic mass is 10.1. The van der Waals surface area contributed by atoms with Gasteiger partial charge in [0.05, 0.1) is 6.54 Å². The van der Waals surface area contributed by atoms with E-state index < -0.39 is 0 Å². The maximum Gasteiger partial charge on any atom is 0.407 e. The van der Waals surface area contributed by atoms with Crippen molar-refractivity contribution in [2.75, 3.05) is 20.1 Å².